The molecule has 0 radical (unpaired) electrons. The summed E-state index contributed by atoms with van der Waals surface area (Å²) in [5.41, 5.74) is 0.530. The minimum absolute atomic E-state index is 0.213. The van der Waals surface area contributed by atoms with Crippen molar-refractivity contribution < 1.29 is 4.79 Å². The van der Waals surface area contributed by atoms with Crippen LogP contribution in [0.4, 0.5) is 5.13 Å². The van der Waals surface area contributed by atoms with Crippen LogP contribution in [0, 0.1) is 5.92 Å². The number of hydrogen-bond acceptors (Lipinski definition) is 5. The van der Waals surface area contributed by atoms with Crippen LogP contribution in [-0.2, 0) is 6.42 Å². The Labute approximate surface area is 123 Å². The molecule has 2 heterocycles. The molecule has 1 amide bonds. The zero-order valence-corrected chi connectivity index (χ0v) is 13.0. The van der Waals surface area contributed by atoms with E-state index < -0.39 is 0 Å². The number of nitrogens with one attached hydrogen (secondary N) is 1. The molecule has 0 atom stereocenters. The molecular weight excluding hydrogens is 328 g/mol. The average Bonchev–Trinajstić information content (AvgIpc) is 2.75. The summed E-state index contributed by atoms with van der Waals surface area (Å²) in [5, 5.41) is 12.2. The summed E-state index contributed by atoms with van der Waals surface area (Å²) in [6, 6.07) is 3.31. The lowest BCUT2D eigenvalue weighted by molar-refractivity contribution is 0.102. The quantitative estimate of drug-likeness (QED) is 0.868. The first kappa shape index (κ1) is 14.1. The number of hydrogen-bond donors (Lipinski definition) is 1. The molecule has 0 fully saturated rings. The molecule has 0 saturated heterocycles. The van der Waals surface area contributed by atoms with Crippen LogP contribution in [-0.4, -0.2) is 21.1 Å². The number of anilines is 1. The molecule has 0 aliphatic rings. The lowest BCUT2D eigenvalue weighted by Gasteiger charge is -2.01. The largest absolute Gasteiger partial charge is 0.296 e. The van der Waals surface area contributed by atoms with Gasteiger partial charge in [-0.25, -0.2) is 4.98 Å². The number of aromatic nitrogens is 3. The average molecular weight is 341 g/mol. The van der Waals surface area contributed by atoms with Gasteiger partial charge in [-0.05, 0) is 34.0 Å². The van der Waals surface area contributed by atoms with Crippen molar-refractivity contribution in [1.29, 1.82) is 0 Å². The highest BCUT2D eigenvalue weighted by atomic mass is 79.9. The Morgan fingerprint density at radius 3 is 2.95 bits per heavy atom. The van der Waals surface area contributed by atoms with Crippen molar-refractivity contribution >= 4 is 38.3 Å². The normalized spacial score (nSPS) is 10.7. The Hall–Kier alpha value is -1.34. The first-order chi connectivity index (χ1) is 9.04. The molecule has 19 heavy (non-hydrogen) atoms. The summed E-state index contributed by atoms with van der Waals surface area (Å²) >= 11 is 4.64. The van der Waals surface area contributed by atoms with Crippen LogP contribution < -0.4 is 5.32 Å². The van der Waals surface area contributed by atoms with E-state index >= 15 is 0 Å². The van der Waals surface area contributed by atoms with Crippen molar-refractivity contribution in [1.82, 2.24) is 15.2 Å². The standard InChI is InChI=1S/C12H13BrN4OS/c1-7(2)5-10-16-17-12(19-10)15-11(18)8-3-4-14-9(13)6-8/h3-4,6-7H,5H2,1-2H3,(H,15,17,18). The third kappa shape index (κ3) is 4.07. The Morgan fingerprint density at radius 2 is 2.26 bits per heavy atom. The van der Waals surface area contributed by atoms with E-state index in [1.54, 1.807) is 18.3 Å². The van der Waals surface area contributed by atoms with Gasteiger partial charge in [0.15, 0.2) is 0 Å². The van der Waals surface area contributed by atoms with Crippen molar-refractivity contribution in [2.45, 2.75) is 20.3 Å². The molecule has 2 rings (SSSR count). The summed E-state index contributed by atoms with van der Waals surface area (Å²) < 4.78 is 0.623. The van der Waals surface area contributed by atoms with Gasteiger partial charge in [0.1, 0.15) is 9.61 Å². The van der Waals surface area contributed by atoms with Gasteiger partial charge in [0.05, 0.1) is 0 Å². The summed E-state index contributed by atoms with van der Waals surface area (Å²) in [7, 11) is 0. The number of carbonyl (C=O) groups is 1. The van der Waals surface area contributed by atoms with Gasteiger partial charge in [0, 0.05) is 18.2 Å². The van der Waals surface area contributed by atoms with Crippen LogP contribution in [0.5, 0.6) is 0 Å². The topological polar surface area (TPSA) is 67.8 Å². The smallest absolute Gasteiger partial charge is 0.257 e. The SMILES string of the molecule is CC(C)Cc1nnc(NC(=O)c2ccnc(Br)c2)s1. The Morgan fingerprint density at radius 1 is 1.47 bits per heavy atom. The van der Waals surface area contributed by atoms with E-state index in [1.165, 1.54) is 11.3 Å². The monoisotopic (exact) mass is 340 g/mol. The Balaban J connectivity index is 2.05. The third-order valence-corrected chi connectivity index (χ3v) is 3.55. The zero-order valence-electron chi connectivity index (χ0n) is 10.6. The fourth-order valence-electron chi connectivity index (χ4n) is 1.45. The Bertz CT molecular complexity index is 585. The second kappa shape index (κ2) is 6.21. The molecule has 2 aromatic rings. The number of rotatable bonds is 4. The predicted octanol–water partition coefficient (Wildman–Crippen LogP) is 3.15. The summed E-state index contributed by atoms with van der Waals surface area (Å²) in [5.74, 6) is 0.308. The summed E-state index contributed by atoms with van der Waals surface area (Å²) in [6.07, 6.45) is 2.44. The van der Waals surface area contributed by atoms with Crippen LogP contribution in [0.3, 0.4) is 0 Å². The third-order valence-electron chi connectivity index (χ3n) is 2.26. The summed E-state index contributed by atoms with van der Waals surface area (Å²) in [6.45, 7) is 4.24. The molecule has 0 aliphatic heterocycles. The molecule has 0 aliphatic carbocycles. The highest BCUT2D eigenvalue weighted by Gasteiger charge is 2.11. The molecule has 2 aromatic heterocycles. The van der Waals surface area contributed by atoms with Crippen LogP contribution in [0.2, 0.25) is 0 Å². The molecule has 0 spiro atoms. The van der Waals surface area contributed by atoms with Crippen molar-refractivity contribution in [3.05, 3.63) is 33.5 Å². The molecule has 1 N–H and O–H groups in total. The van der Waals surface area contributed by atoms with E-state index in [0.29, 0.717) is 21.2 Å². The molecule has 5 nitrogen and oxygen atoms in total. The first-order valence-electron chi connectivity index (χ1n) is 5.80. The second-order valence-corrected chi connectivity index (χ2v) is 6.29. The molecular formula is C12H13BrN4OS. The molecule has 0 saturated carbocycles. The van der Waals surface area contributed by atoms with E-state index in [-0.39, 0.29) is 5.91 Å². The molecule has 0 unspecified atom stereocenters. The maximum Gasteiger partial charge on any atom is 0.257 e. The van der Waals surface area contributed by atoms with Gasteiger partial charge in [0.2, 0.25) is 5.13 Å². The van der Waals surface area contributed by atoms with E-state index in [0.717, 1.165) is 11.4 Å². The first-order valence-corrected chi connectivity index (χ1v) is 7.41. The van der Waals surface area contributed by atoms with Gasteiger partial charge in [-0.3, -0.25) is 10.1 Å². The van der Waals surface area contributed by atoms with Gasteiger partial charge in [-0.2, -0.15) is 0 Å². The van der Waals surface area contributed by atoms with E-state index in [4.69, 9.17) is 0 Å². The van der Waals surface area contributed by atoms with Gasteiger partial charge < -0.3 is 0 Å². The van der Waals surface area contributed by atoms with Crippen LogP contribution in [0.1, 0.15) is 29.2 Å². The Kier molecular flexibility index (Phi) is 4.60. The molecule has 0 aromatic carbocycles. The highest BCUT2D eigenvalue weighted by molar-refractivity contribution is 9.10. The van der Waals surface area contributed by atoms with Crippen molar-refractivity contribution in [2.75, 3.05) is 5.32 Å². The van der Waals surface area contributed by atoms with Crippen molar-refractivity contribution in [3.8, 4) is 0 Å². The fraction of sp³-hybridized carbons (Fsp3) is 0.333. The van der Waals surface area contributed by atoms with Crippen LogP contribution >= 0.6 is 27.3 Å². The predicted molar refractivity (Wildman–Crippen MR) is 78.3 cm³/mol. The van der Waals surface area contributed by atoms with Gasteiger partial charge in [0.25, 0.3) is 5.91 Å². The molecule has 100 valence electrons. The number of carbonyl (C=O) groups excluding carboxylic acids is 1. The number of halogens is 1. The summed E-state index contributed by atoms with van der Waals surface area (Å²) in [4.78, 5) is 16.0. The van der Waals surface area contributed by atoms with E-state index in [9.17, 15) is 4.79 Å². The highest BCUT2D eigenvalue weighted by Crippen LogP contribution is 2.19. The number of nitrogens with zero attached hydrogens (tertiary/aromatic N) is 3. The number of amides is 1. The lowest BCUT2D eigenvalue weighted by Crippen LogP contribution is -2.11. The fourth-order valence-corrected chi connectivity index (χ4v) is 2.76. The minimum atomic E-state index is -0.213. The van der Waals surface area contributed by atoms with E-state index in [2.05, 4.69) is 50.3 Å². The number of pyridine rings is 1. The van der Waals surface area contributed by atoms with Crippen molar-refractivity contribution in [2.24, 2.45) is 5.92 Å². The van der Waals surface area contributed by atoms with Crippen molar-refractivity contribution in [3.63, 3.8) is 0 Å². The lowest BCUT2D eigenvalue weighted by atomic mass is 10.1. The van der Waals surface area contributed by atoms with E-state index in [1.807, 2.05) is 0 Å². The zero-order chi connectivity index (χ0) is 13.8. The van der Waals surface area contributed by atoms with Crippen LogP contribution in [0.15, 0.2) is 22.9 Å². The van der Waals surface area contributed by atoms with Gasteiger partial charge >= 0.3 is 0 Å². The van der Waals surface area contributed by atoms with Gasteiger partial charge in [-0.1, -0.05) is 25.2 Å². The maximum atomic E-state index is 12.0. The molecule has 7 heteroatoms. The van der Waals surface area contributed by atoms with Gasteiger partial charge in [-0.15, -0.1) is 10.2 Å². The minimum Gasteiger partial charge on any atom is -0.296 e. The second-order valence-electron chi connectivity index (χ2n) is 4.42. The van der Waals surface area contributed by atoms with Crippen LogP contribution in [0.25, 0.3) is 0 Å². The maximum absolute atomic E-state index is 12.0. The molecule has 0 bridgehead atoms.